The quantitative estimate of drug-likeness (QED) is 0.899. The average molecular weight is 311 g/mol. The van der Waals surface area contributed by atoms with E-state index < -0.39 is 0 Å². The summed E-state index contributed by atoms with van der Waals surface area (Å²) < 4.78 is 5.71. The lowest BCUT2D eigenvalue weighted by molar-refractivity contribution is 0.0908. The zero-order valence-electron chi connectivity index (χ0n) is 12.8. The topological polar surface area (TPSA) is 50.4 Å². The number of carbonyl (C=O) groups excluding carboxylic acids is 1. The minimum absolute atomic E-state index is 0.00975. The fourth-order valence-electron chi connectivity index (χ4n) is 2.51. The van der Waals surface area contributed by atoms with E-state index in [9.17, 15) is 4.79 Å². The molecule has 116 valence electrons. The second kappa shape index (κ2) is 7.14. The van der Waals surface area contributed by atoms with Gasteiger partial charge in [-0.05, 0) is 57.5 Å². The van der Waals surface area contributed by atoms with Crippen LogP contribution in [0.15, 0.2) is 18.2 Å². The Kier molecular flexibility index (Phi) is 5.48. The molecule has 0 radical (unpaired) electrons. The highest BCUT2D eigenvalue weighted by Gasteiger charge is 2.24. The van der Waals surface area contributed by atoms with Gasteiger partial charge in [-0.25, -0.2) is 0 Å². The molecule has 21 heavy (non-hydrogen) atoms. The Morgan fingerprint density at radius 1 is 1.48 bits per heavy atom. The summed E-state index contributed by atoms with van der Waals surface area (Å²) in [6, 6.07) is 5.34. The largest absolute Gasteiger partial charge is 0.490 e. The first-order chi connectivity index (χ1) is 9.97. The highest BCUT2D eigenvalue weighted by molar-refractivity contribution is 6.31. The van der Waals surface area contributed by atoms with E-state index in [1.54, 1.807) is 18.2 Å². The number of hydrogen-bond donors (Lipinski definition) is 2. The molecule has 1 fully saturated rings. The van der Waals surface area contributed by atoms with E-state index in [1.807, 2.05) is 13.8 Å². The van der Waals surface area contributed by atoms with Crippen molar-refractivity contribution in [1.29, 1.82) is 0 Å². The Morgan fingerprint density at radius 2 is 2.24 bits per heavy atom. The fraction of sp³-hybridized carbons (Fsp3) is 0.562. The van der Waals surface area contributed by atoms with Crippen LogP contribution >= 0.6 is 11.6 Å². The lowest BCUT2D eigenvalue weighted by Crippen LogP contribution is -2.48. The molecule has 0 saturated carbocycles. The second-order valence-electron chi connectivity index (χ2n) is 5.86. The van der Waals surface area contributed by atoms with Gasteiger partial charge in [0.25, 0.3) is 5.91 Å². The molecule has 1 heterocycles. The van der Waals surface area contributed by atoms with Gasteiger partial charge in [0.15, 0.2) is 0 Å². The zero-order valence-corrected chi connectivity index (χ0v) is 13.5. The van der Waals surface area contributed by atoms with Gasteiger partial charge >= 0.3 is 0 Å². The van der Waals surface area contributed by atoms with Crippen LogP contribution in [0.3, 0.4) is 0 Å². The molecular formula is C16H23ClN2O2. The number of hydrogen-bond acceptors (Lipinski definition) is 3. The number of ether oxygens (including phenoxy) is 1. The van der Waals surface area contributed by atoms with Crippen molar-refractivity contribution in [3.8, 4) is 5.75 Å². The van der Waals surface area contributed by atoms with Crippen molar-refractivity contribution in [3.05, 3.63) is 28.8 Å². The molecule has 5 heteroatoms. The van der Waals surface area contributed by atoms with Crippen LogP contribution in [-0.4, -0.2) is 31.1 Å². The van der Waals surface area contributed by atoms with Crippen LogP contribution < -0.4 is 15.4 Å². The first kappa shape index (κ1) is 16.1. The summed E-state index contributed by atoms with van der Waals surface area (Å²) in [6.45, 7) is 7.87. The van der Waals surface area contributed by atoms with Gasteiger partial charge in [-0.3, -0.25) is 4.79 Å². The van der Waals surface area contributed by atoms with Crippen LogP contribution in [0.5, 0.6) is 5.75 Å². The molecule has 0 spiro atoms. The molecule has 2 atom stereocenters. The first-order valence-electron chi connectivity index (χ1n) is 7.45. The maximum Gasteiger partial charge on any atom is 0.255 e. The predicted molar refractivity (Wildman–Crippen MR) is 85.1 cm³/mol. The lowest BCUT2D eigenvalue weighted by Gasteiger charge is -2.30. The van der Waals surface area contributed by atoms with Crippen molar-refractivity contribution in [2.45, 2.75) is 39.3 Å². The SMILES string of the molecule is CC(C)Oc1ccc(Cl)cc1C(=O)NC1CCNCC1C. The van der Waals surface area contributed by atoms with Crippen molar-refractivity contribution in [2.75, 3.05) is 13.1 Å². The molecule has 0 aliphatic carbocycles. The van der Waals surface area contributed by atoms with Crippen LogP contribution in [0.1, 0.15) is 37.6 Å². The summed E-state index contributed by atoms with van der Waals surface area (Å²) in [4.78, 5) is 12.5. The molecule has 1 saturated heterocycles. The number of piperidine rings is 1. The lowest BCUT2D eigenvalue weighted by atomic mass is 9.95. The van der Waals surface area contributed by atoms with Crippen LogP contribution in [0.25, 0.3) is 0 Å². The van der Waals surface area contributed by atoms with E-state index in [2.05, 4.69) is 17.6 Å². The molecule has 1 aliphatic rings. The average Bonchev–Trinajstić information content (AvgIpc) is 2.43. The Hall–Kier alpha value is -1.26. The van der Waals surface area contributed by atoms with E-state index in [0.717, 1.165) is 19.5 Å². The van der Waals surface area contributed by atoms with E-state index in [1.165, 1.54) is 0 Å². The van der Waals surface area contributed by atoms with Gasteiger partial charge in [0.05, 0.1) is 11.7 Å². The van der Waals surface area contributed by atoms with Gasteiger partial charge in [-0.1, -0.05) is 18.5 Å². The van der Waals surface area contributed by atoms with Gasteiger partial charge in [-0.15, -0.1) is 0 Å². The maximum atomic E-state index is 12.5. The number of rotatable bonds is 4. The van der Waals surface area contributed by atoms with Gasteiger partial charge < -0.3 is 15.4 Å². The molecule has 1 amide bonds. The molecule has 0 aromatic heterocycles. The van der Waals surface area contributed by atoms with Gasteiger partial charge in [0.2, 0.25) is 0 Å². The number of halogens is 1. The van der Waals surface area contributed by atoms with Crippen molar-refractivity contribution in [2.24, 2.45) is 5.92 Å². The normalized spacial score (nSPS) is 22.1. The molecule has 4 nitrogen and oxygen atoms in total. The molecule has 1 aromatic carbocycles. The van der Waals surface area contributed by atoms with Gasteiger partial charge in [0, 0.05) is 11.1 Å². The van der Waals surface area contributed by atoms with E-state index in [4.69, 9.17) is 16.3 Å². The maximum absolute atomic E-state index is 12.5. The smallest absolute Gasteiger partial charge is 0.255 e. The zero-order chi connectivity index (χ0) is 15.4. The number of carbonyl (C=O) groups is 1. The Bertz CT molecular complexity index is 505. The molecule has 1 aromatic rings. The number of benzene rings is 1. The van der Waals surface area contributed by atoms with E-state index in [0.29, 0.717) is 22.3 Å². The van der Waals surface area contributed by atoms with Crippen LogP contribution in [0.2, 0.25) is 5.02 Å². The predicted octanol–water partition coefficient (Wildman–Crippen LogP) is 2.86. The monoisotopic (exact) mass is 310 g/mol. The van der Waals surface area contributed by atoms with Gasteiger partial charge in [0.1, 0.15) is 5.75 Å². The summed E-state index contributed by atoms with van der Waals surface area (Å²) >= 11 is 6.02. The molecular weight excluding hydrogens is 288 g/mol. The molecule has 2 N–H and O–H groups in total. The minimum atomic E-state index is -0.119. The van der Waals surface area contributed by atoms with Gasteiger partial charge in [-0.2, -0.15) is 0 Å². The third-order valence-electron chi connectivity index (χ3n) is 3.65. The van der Waals surface area contributed by atoms with Crippen molar-refractivity contribution >= 4 is 17.5 Å². The standard InChI is InChI=1S/C16H23ClN2O2/c1-10(2)21-15-5-4-12(17)8-13(15)16(20)19-14-6-7-18-9-11(14)3/h4-5,8,10-11,14,18H,6-7,9H2,1-3H3,(H,19,20). The fourth-order valence-corrected chi connectivity index (χ4v) is 2.68. The highest BCUT2D eigenvalue weighted by Crippen LogP contribution is 2.24. The minimum Gasteiger partial charge on any atom is -0.490 e. The number of nitrogens with one attached hydrogen (secondary N) is 2. The van der Waals surface area contributed by atoms with Crippen LogP contribution in [-0.2, 0) is 0 Å². The summed E-state index contributed by atoms with van der Waals surface area (Å²) in [6.07, 6.45) is 0.948. The summed E-state index contributed by atoms with van der Waals surface area (Å²) in [5, 5.41) is 6.97. The molecule has 2 unspecified atom stereocenters. The van der Waals surface area contributed by atoms with Crippen molar-refractivity contribution < 1.29 is 9.53 Å². The summed E-state index contributed by atoms with van der Waals surface area (Å²) in [7, 11) is 0. The van der Waals surface area contributed by atoms with E-state index >= 15 is 0 Å². The highest BCUT2D eigenvalue weighted by atomic mass is 35.5. The second-order valence-corrected chi connectivity index (χ2v) is 6.29. The van der Waals surface area contributed by atoms with Crippen molar-refractivity contribution in [1.82, 2.24) is 10.6 Å². The summed E-state index contributed by atoms with van der Waals surface area (Å²) in [5.41, 5.74) is 0.502. The first-order valence-corrected chi connectivity index (χ1v) is 7.83. The van der Waals surface area contributed by atoms with Crippen LogP contribution in [0.4, 0.5) is 0 Å². The Morgan fingerprint density at radius 3 is 2.90 bits per heavy atom. The van der Waals surface area contributed by atoms with Crippen LogP contribution in [0, 0.1) is 5.92 Å². The molecule has 1 aliphatic heterocycles. The molecule has 2 rings (SSSR count). The summed E-state index contributed by atoms with van der Waals surface area (Å²) in [5.74, 6) is 0.872. The Labute approximate surface area is 131 Å². The Balaban J connectivity index is 2.15. The number of amides is 1. The molecule has 0 bridgehead atoms. The third-order valence-corrected chi connectivity index (χ3v) is 3.89. The van der Waals surface area contributed by atoms with E-state index in [-0.39, 0.29) is 18.1 Å². The van der Waals surface area contributed by atoms with Crippen molar-refractivity contribution in [3.63, 3.8) is 0 Å². The third kappa shape index (κ3) is 4.35.